The molecule has 0 aromatic rings. The summed E-state index contributed by atoms with van der Waals surface area (Å²) in [5.41, 5.74) is -1.17. The number of fused-ring (bicyclic) bond motifs is 4. The third-order valence-corrected chi connectivity index (χ3v) is 17.1. The normalized spacial score (nSPS) is 38.8. The Balaban J connectivity index is 1.83. The van der Waals surface area contributed by atoms with Crippen LogP contribution < -0.4 is 0 Å². The standard InChI is InChI=1S/C36H67NO2S/c1-32(2)30-27-23-19-15-16-20-24-28-31(30)35(7)33(3,4)34(5,6)36(32,8)37(35)40(38,39)29-25-21-17-13-11-9-10-12-14-18-22-26-29/h29-31H,9-28H2,1-8H3. The van der Waals surface area contributed by atoms with Gasteiger partial charge in [-0.1, -0.05) is 144 Å². The number of hydrogen-bond donors (Lipinski definition) is 0. The molecule has 4 heteroatoms. The van der Waals surface area contributed by atoms with E-state index in [1.54, 1.807) is 0 Å². The van der Waals surface area contributed by atoms with Gasteiger partial charge in [-0.05, 0) is 67.6 Å². The Bertz CT molecular complexity index is 938. The molecule has 0 N–H and O–H groups in total. The van der Waals surface area contributed by atoms with Gasteiger partial charge < -0.3 is 0 Å². The first-order valence-electron chi connectivity index (χ1n) is 17.7. The largest absolute Gasteiger partial charge is 0.218 e. The van der Waals surface area contributed by atoms with Gasteiger partial charge in [0, 0.05) is 11.1 Å². The lowest BCUT2D eigenvalue weighted by Gasteiger charge is -2.65. The van der Waals surface area contributed by atoms with Crippen LogP contribution in [0.3, 0.4) is 0 Å². The van der Waals surface area contributed by atoms with Crippen molar-refractivity contribution in [1.82, 2.24) is 4.31 Å². The lowest BCUT2D eigenvalue weighted by Crippen LogP contribution is -2.73. The molecule has 40 heavy (non-hydrogen) atoms. The highest BCUT2D eigenvalue weighted by atomic mass is 32.2. The first kappa shape index (κ1) is 32.8. The van der Waals surface area contributed by atoms with Gasteiger partial charge >= 0.3 is 0 Å². The van der Waals surface area contributed by atoms with Crippen LogP contribution in [0.1, 0.15) is 184 Å². The van der Waals surface area contributed by atoms with E-state index in [2.05, 4.69) is 59.7 Å². The van der Waals surface area contributed by atoms with Crippen LogP contribution in [0.2, 0.25) is 0 Å². The second-order valence-corrected chi connectivity index (χ2v) is 18.7. The predicted molar refractivity (Wildman–Crippen MR) is 172 cm³/mol. The van der Waals surface area contributed by atoms with E-state index in [9.17, 15) is 0 Å². The molecule has 4 atom stereocenters. The van der Waals surface area contributed by atoms with Gasteiger partial charge in [0.25, 0.3) is 0 Å². The molecule has 0 radical (unpaired) electrons. The number of sulfonamides is 1. The smallest absolute Gasteiger partial charge is 0.212 e. The Kier molecular flexibility index (Phi) is 9.95. The number of rotatable bonds is 2. The summed E-state index contributed by atoms with van der Waals surface area (Å²) in [6.07, 6.45) is 24.4. The Morgan fingerprint density at radius 1 is 0.475 bits per heavy atom. The number of hydrogen-bond acceptors (Lipinski definition) is 2. The maximum Gasteiger partial charge on any atom is 0.218 e. The molecule has 2 saturated heterocycles. The van der Waals surface area contributed by atoms with E-state index >= 15 is 8.42 Å². The van der Waals surface area contributed by atoms with Crippen molar-refractivity contribution in [3.05, 3.63) is 0 Å². The fourth-order valence-electron chi connectivity index (χ4n) is 10.9. The van der Waals surface area contributed by atoms with Gasteiger partial charge in [0.05, 0.1) is 5.25 Å². The minimum Gasteiger partial charge on any atom is -0.212 e. The second kappa shape index (κ2) is 12.1. The van der Waals surface area contributed by atoms with E-state index in [-0.39, 0.29) is 27.0 Å². The van der Waals surface area contributed by atoms with Crippen LogP contribution in [0.15, 0.2) is 0 Å². The molecular formula is C36H67NO2S. The van der Waals surface area contributed by atoms with Gasteiger partial charge in [0.15, 0.2) is 0 Å². The van der Waals surface area contributed by atoms with E-state index in [0.29, 0.717) is 11.8 Å². The zero-order valence-electron chi connectivity index (χ0n) is 28.0. The summed E-state index contributed by atoms with van der Waals surface area (Å²) in [6, 6.07) is 0. The summed E-state index contributed by atoms with van der Waals surface area (Å²) in [4.78, 5) is 0. The number of nitrogens with zero attached hydrogens (tertiary/aromatic N) is 1. The summed E-state index contributed by atoms with van der Waals surface area (Å²) < 4.78 is 33.2. The first-order valence-corrected chi connectivity index (χ1v) is 19.2. The molecule has 2 heterocycles. The summed E-state index contributed by atoms with van der Waals surface area (Å²) >= 11 is 0. The van der Waals surface area contributed by atoms with Gasteiger partial charge in [-0.3, -0.25) is 0 Å². The maximum atomic E-state index is 15.4. The fraction of sp³-hybridized carbons (Fsp3) is 1.00. The third kappa shape index (κ3) is 4.97. The van der Waals surface area contributed by atoms with Crippen molar-refractivity contribution in [3.8, 4) is 0 Å². The Morgan fingerprint density at radius 2 is 0.825 bits per heavy atom. The van der Waals surface area contributed by atoms with Crippen molar-refractivity contribution in [2.75, 3.05) is 0 Å². The molecule has 0 amide bonds. The quantitative estimate of drug-likeness (QED) is 0.327. The summed E-state index contributed by atoms with van der Waals surface area (Å²) in [5, 5.41) is -0.233. The molecule has 0 aromatic heterocycles. The lowest BCUT2D eigenvalue weighted by molar-refractivity contribution is -0.130. The molecule has 4 unspecified atom stereocenters. The molecule has 2 bridgehead atoms. The monoisotopic (exact) mass is 577 g/mol. The van der Waals surface area contributed by atoms with Crippen molar-refractivity contribution in [3.63, 3.8) is 0 Å². The van der Waals surface area contributed by atoms with Crippen molar-refractivity contribution in [1.29, 1.82) is 0 Å². The van der Waals surface area contributed by atoms with Crippen LogP contribution in [-0.2, 0) is 10.0 Å². The second-order valence-electron chi connectivity index (χ2n) is 16.6. The summed E-state index contributed by atoms with van der Waals surface area (Å²) in [6.45, 7) is 19.5. The van der Waals surface area contributed by atoms with Crippen molar-refractivity contribution in [2.45, 2.75) is 200 Å². The third-order valence-electron chi connectivity index (χ3n) is 14.5. The van der Waals surface area contributed by atoms with E-state index in [1.807, 2.05) is 0 Å². The lowest BCUT2D eigenvalue weighted by atomic mass is 9.51. The van der Waals surface area contributed by atoms with Crippen LogP contribution in [0, 0.1) is 28.1 Å². The fourth-order valence-corrected chi connectivity index (χ4v) is 14.0. The summed E-state index contributed by atoms with van der Waals surface area (Å²) in [5.74, 6) is 0.975. The maximum absolute atomic E-state index is 15.4. The Morgan fingerprint density at radius 3 is 1.25 bits per heavy atom. The van der Waals surface area contributed by atoms with Crippen molar-refractivity contribution < 1.29 is 8.42 Å². The van der Waals surface area contributed by atoms with Gasteiger partial charge in [-0.15, -0.1) is 0 Å². The van der Waals surface area contributed by atoms with Crippen LogP contribution in [0.5, 0.6) is 0 Å². The SMILES string of the molecule is CC1(C)C2CCCCCCCCC2C2(C)N(S(=O)(=O)C3CCCCCCCCCCCC3)C1(C)C(C)(C)C2(C)C. The molecular weight excluding hydrogens is 510 g/mol. The first-order chi connectivity index (χ1) is 18.7. The molecule has 4 rings (SSSR count). The van der Waals surface area contributed by atoms with Crippen LogP contribution in [0.4, 0.5) is 0 Å². The van der Waals surface area contributed by atoms with Gasteiger partial charge in [-0.25, -0.2) is 8.42 Å². The molecule has 2 saturated carbocycles. The van der Waals surface area contributed by atoms with E-state index in [0.717, 1.165) is 25.7 Å². The predicted octanol–water partition coefficient (Wildman–Crippen LogP) is 10.7. The molecule has 4 fully saturated rings. The topological polar surface area (TPSA) is 37.4 Å². The minimum atomic E-state index is -3.50. The van der Waals surface area contributed by atoms with Crippen molar-refractivity contribution in [2.24, 2.45) is 28.1 Å². The van der Waals surface area contributed by atoms with E-state index < -0.39 is 15.6 Å². The molecule has 2 aliphatic heterocycles. The van der Waals surface area contributed by atoms with E-state index in [1.165, 1.54) is 103 Å². The van der Waals surface area contributed by atoms with E-state index in [4.69, 9.17) is 0 Å². The van der Waals surface area contributed by atoms with Gasteiger partial charge in [-0.2, -0.15) is 4.31 Å². The van der Waals surface area contributed by atoms with Crippen LogP contribution in [-0.4, -0.2) is 29.1 Å². The summed E-state index contributed by atoms with van der Waals surface area (Å²) in [7, 11) is -3.50. The van der Waals surface area contributed by atoms with Gasteiger partial charge in [0.2, 0.25) is 10.0 Å². The highest BCUT2D eigenvalue weighted by Crippen LogP contribution is 2.77. The Hall–Kier alpha value is -0.0900. The Labute approximate surface area is 250 Å². The van der Waals surface area contributed by atoms with Crippen molar-refractivity contribution >= 4 is 10.0 Å². The highest BCUT2D eigenvalue weighted by Gasteiger charge is 2.82. The van der Waals surface area contributed by atoms with Gasteiger partial charge in [0.1, 0.15) is 0 Å². The van der Waals surface area contributed by atoms with Crippen LogP contribution >= 0.6 is 0 Å². The van der Waals surface area contributed by atoms with Crippen LogP contribution in [0.25, 0.3) is 0 Å². The minimum absolute atomic E-state index is 0.0932. The zero-order valence-corrected chi connectivity index (χ0v) is 28.9. The number of piperidine rings is 1. The molecule has 3 nitrogen and oxygen atoms in total. The average molecular weight is 578 g/mol. The molecule has 4 aliphatic rings. The average Bonchev–Trinajstić information content (AvgIpc) is 2.99. The molecule has 234 valence electrons. The molecule has 2 aliphatic carbocycles. The molecule has 0 spiro atoms. The zero-order chi connectivity index (χ0) is 29.5. The molecule has 0 aromatic carbocycles. The highest BCUT2D eigenvalue weighted by molar-refractivity contribution is 7.89.